The molecular formula is C19H22N4OS. The lowest BCUT2D eigenvalue weighted by Gasteiger charge is -2.30. The van der Waals surface area contributed by atoms with Gasteiger partial charge in [0.2, 0.25) is 0 Å². The van der Waals surface area contributed by atoms with Gasteiger partial charge in [0.05, 0.1) is 6.54 Å². The van der Waals surface area contributed by atoms with Crippen LogP contribution in [0.2, 0.25) is 0 Å². The van der Waals surface area contributed by atoms with E-state index in [0.717, 1.165) is 30.6 Å². The summed E-state index contributed by atoms with van der Waals surface area (Å²) in [5.74, 6) is -0.111. The van der Waals surface area contributed by atoms with Crippen molar-refractivity contribution < 1.29 is 4.79 Å². The Hall–Kier alpha value is -2.60. The van der Waals surface area contributed by atoms with Crippen molar-refractivity contribution in [3.63, 3.8) is 0 Å². The Labute approximate surface area is 153 Å². The van der Waals surface area contributed by atoms with E-state index in [-0.39, 0.29) is 5.91 Å². The summed E-state index contributed by atoms with van der Waals surface area (Å²) in [7, 11) is 0. The second-order valence-corrected chi connectivity index (χ2v) is 6.40. The van der Waals surface area contributed by atoms with Gasteiger partial charge in [0.25, 0.3) is 5.91 Å². The van der Waals surface area contributed by atoms with Crippen LogP contribution in [0.15, 0.2) is 54.6 Å². The summed E-state index contributed by atoms with van der Waals surface area (Å²) in [6, 6.07) is 18.2. The summed E-state index contributed by atoms with van der Waals surface area (Å²) in [5.41, 5.74) is 9.00. The molecule has 0 spiro atoms. The van der Waals surface area contributed by atoms with Crippen LogP contribution < -0.4 is 21.1 Å². The van der Waals surface area contributed by atoms with E-state index in [1.165, 1.54) is 5.56 Å². The minimum atomic E-state index is -0.111. The molecular weight excluding hydrogens is 332 g/mol. The molecule has 0 bridgehead atoms. The minimum absolute atomic E-state index is 0.111. The van der Waals surface area contributed by atoms with Crippen molar-refractivity contribution in [3.8, 4) is 0 Å². The highest BCUT2D eigenvalue weighted by Gasteiger charge is 2.18. The maximum Gasteiger partial charge on any atom is 0.257 e. The molecule has 130 valence electrons. The maximum atomic E-state index is 12.2. The van der Waals surface area contributed by atoms with Crippen molar-refractivity contribution in [3.05, 3.63) is 65.7 Å². The molecule has 0 saturated carbocycles. The molecule has 0 saturated heterocycles. The first-order valence-corrected chi connectivity index (χ1v) is 8.82. The highest BCUT2D eigenvalue weighted by molar-refractivity contribution is 7.80. The maximum absolute atomic E-state index is 12.2. The highest BCUT2D eigenvalue weighted by atomic mass is 32.1. The van der Waals surface area contributed by atoms with E-state index >= 15 is 0 Å². The molecule has 1 aliphatic rings. The van der Waals surface area contributed by atoms with Crippen LogP contribution in [0.1, 0.15) is 17.5 Å². The van der Waals surface area contributed by atoms with Crippen LogP contribution >= 0.6 is 12.2 Å². The van der Waals surface area contributed by atoms with Crippen LogP contribution in [0, 0.1) is 0 Å². The fourth-order valence-corrected chi connectivity index (χ4v) is 3.06. The Morgan fingerprint density at radius 1 is 1.04 bits per heavy atom. The van der Waals surface area contributed by atoms with Crippen LogP contribution in [0.25, 0.3) is 0 Å². The number of hydrazine groups is 1. The van der Waals surface area contributed by atoms with Gasteiger partial charge in [-0.2, -0.15) is 0 Å². The van der Waals surface area contributed by atoms with Gasteiger partial charge in [-0.05, 0) is 42.3 Å². The van der Waals surface area contributed by atoms with Crippen molar-refractivity contribution >= 4 is 28.9 Å². The lowest BCUT2D eigenvalue weighted by molar-refractivity contribution is -0.120. The van der Waals surface area contributed by atoms with Gasteiger partial charge in [-0.15, -0.1) is 0 Å². The zero-order chi connectivity index (χ0) is 17.5. The van der Waals surface area contributed by atoms with E-state index in [0.29, 0.717) is 18.2 Å². The Bertz CT molecular complexity index is 735. The van der Waals surface area contributed by atoms with Gasteiger partial charge in [0, 0.05) is 18.8 Å². The summed E-state index contributed by atoms with van der Waals surface area (Å²) in [4.78, 5) is 14.3. The monoisotopic (exact) mass is 354 g/mol. The van der Waals surface area contributed by atoms with Crippen LogP contribution in [0.3, 0.4) is 0 Å². The number of aryl methyl sites for hydroxylation is 1. The smallest absolute Gasteiger partial charge is 0.257 e. The molecule has 25 heavy (non-hydrogen) atoms. The normalized spacial score (nSPS) is 12.9. The second kappa shape index (κ2) is 8.48. The standard InChI is InChI=1S/C19H22N4OS/c24-18(14-23-12-6-10-16-9-4-5-11-17(16)23)21-22-19(25)20-13-15-7-2-1-3-8-15/h1-5,7-9,11H,6,10,12-14H2,(H,21,24)(H2,20,22,25). The van der Waals surface area contributed by atoms with Crippen LogP contribution in [0.4, 0.5) is 5.69 Å². The minimum Gasteiger partial charge on any atom is -0.362 e. The summed E-state index contributed by atoms with van der Waals surface area (Å²) in [6.07, 6.45) is 2.13. The number of amides is 1. The summed E-state index contributed by atoms with van der Waals surface area (Å²) < 4.78 is 0. The van der Waals surface area contributed by atoms with E-state index < -0.39 is 0 Å². The molecule has 0 radical (unpaired) electrons. The number of nitrogens with one attached hydrogen (secondary N) is 3. The number of fused-ring (bicyclic) bond motifs is 1. The fraction of sp³-hybridized carbons (Fsp3) is 0.263. The summed E-state index contributed by atoms with van der Waals surface area (Å²) >= 11 is 5.19. The Morgan fingerprint density at radius 3 is 2.64 bits per heavy atom. The van der Waals surface area contributed by atoms with E-state index in [2.05, 4.69) is 33.2 Å². The zero-order valence-corrected chi connectivity index (χ0v) is 14.8. The molecule has 6 heteroatoms. The van der Waals surface area contributed by atoms with Crippen molar-refractivity contribution in [1.82, 2.24) is 16.2 Å². The molecule has 3 rings (SSSR count). The van der Waals surface area contributed by atoms with Gasteiger partial charge >= 0.3 is 0 Å². The number of hydrogen-bond donors (Lipinski definition) is 3. The number of benzene rings is 2. The van der Waals surface area contributed by atoms with Gasteiger partial charge in [-0.1, -0.05) is 48.5 Å². The topological polar surface area (TPSA) is 56.4 Å². The van der Waals surface area contributed by atoms with Crippen molar-refractivity contribution in [2.75, 3.05) is 18.0 Å². The van der Waals surface area contributed by atoms with Crippen molar-refractivity contribution in [2.45, 2.75) is 19.4 Å². The van der Waals surface area contributed by atoms with Gasteiger partial charge in [0.15, 0.2) is 5.11 Å². The first-order chi connectivity index (χ1) is 12.2. The average Bonchev–Trinajstić information content (AvgIpc) is 2.66. The van der Waals surface area contributed by atoms with Crippen LogP contribution in [-0.2, 0) is 17.8 Å². The second-order valence-electron chi connectivity index (χ2n) is 6.00. The lowest BCUT2D eigenvalue weighted by Crippen LogP contribution is -2.50. The number of carbonyl (C=O) groups excluding carboxylic acids is 1. The number of carbonyl (C=O) groups is 1. The van der Waals surface area contributed by atoms with Crippen molar-refractivity contribution in [2.24, 2.45) is 0 Å². The SMILES string of the molecule is O=C(CN1CCCc2ccccc21)NNC(=S)NCc1ccccc1. The first kappa shape index (κ1) is 17.2. The predicted octanol–water partition coefficient (Wildman–Crippen LogP) is 2.13. The number of anilines is 1. The summed E-state index contributed by atoms with van der Waals surface area (Å²) in [6.45, 7) is 1.81. The molecule has 0 unspecified atom stereocenters. The Kier molecular flexibility index (Phi) is 5.85. The number of nitrogens with zero attached hydrogens (tertiary/aromatic N) is 1. The highest BCUT2D eigenvalue weighted by Crippen LogP contribution is 2.26. The molecule has 5 nitrogen and oxygen atoms in total. The molecule has 0 atom stereocenters. The number of para-hydroxylation sites is 1. The zero-order valence-electron chi connectivity index (χ0n) is 14.0. The molecule has 2 aromatic rings. The number of rotatable bonds is 4. The van der Waals surface area contributed by atoms with Gasteiger partial charge in [-0.25, -0.2) is 0 Å². The third kappa shape index (κ3) is 4.93. The molecule has 3 N–H and O–H groups in total. The van der Waals surface area contributed by atoms with Gasteiger partial charge in [-0.3, -0.25) is 15.6 Å². The van der Waals surface area contributed by atoms with Gasteiger partial charge < -0.3 is 10.2 Å². The lowest BCUT2D eigenvalue weighted by atomic mass is 10.0. The number of hydrogen-bond acceptors (Lipinski definition) is 3. The van der Waals surface area contributed by atoms with Crippen LogP contribution in [0.5, 0.6) is 0 Å². The first-order valence-electron chi connectivity index (χ1n) is 8.42. The molecule has 1 amide bonds. The van der Waals surface area contributed by atoms with Crippen molar-refractivity contribution in [1.29, 1.82) is 0 Å². The molecule has 0 aromatic heterocycles. The van der Waals surface area contributed by atoms with E-state index in [4.69, 9.17) is 12.2 Å². The molecule has 1 aliphatic heterocycles. The van der Waals surface area contributed by atoms with Crippen LogP contribution in [-0.4, -0.2) is 24.1 Å². The number of thiocarbonyl (C=S) groups is 1. The third-order valence-electron chi connectivity index (χ3n) is 4.15. The van der Waals surface area contributed by atoms with E-state index in [1.54, 1.807) is 0 Å². The summed E-state index contributed by atoms with van der Waals surface area (Å²) in [5, 5.41) is 3.46. The Morgan fingerprint density at radius 2 is 1.80 bits per heavy atom. The van der Waals surface area contributed by atoms with E-state index in [9.17, 15) is 4.79 Å². The fourth-order valence-electron chi connectivity index (χ4n) is 2.94. The van der Waals surface area contributed by atoms with E-state index in [1.807, 2.05) is 42.5 Å². The average molecular weight is 354 g/mol. The largest absolute Gasteiger partial charge is 0.362 e. The molecule has 1 heterocycles. The third-order valence-corrected chi connectivity index (χ3v) is 4.40. The molecule has 2 aromatic carbocycles. The molecule has 0 fully saturated rings. The van der Waals surface area contributed by atoms with Gasteiger partial charge in [0.1, 0.15) is 0 Å². The quantitative estimate of drug-likeness (QED) is 0.580. The predicted molar refractivity (Wildman–Crippen MR) is 104 cm³/mol. The Balaban J connectivity index is 1.43. The molecule has 0 aliphatic carbocycles.